The van der Waals surface area contributed by atoms with Gasteiger partial charge in [0.2, 0.25) is 0 Å². The third kappa shape index (κ3) is 5.31. The Balaban J connectivity index is 1.89. The number of hydrogen-bond acceptors (Lipinski definition) is 6. The summed E-state index contributed by atoms with van der Waals surface area (Å²) >= 11 is 9.24. The molecule has 0 unspecified atom stereocenters. The molecule has 27 heavy (non-hydrogen) atoms. The molecule has 0 N–H and O–H groups in total. The summed E-state index contributed by atoms with van der Waals surface area (Å²) in [5.41, 5.74) is 1.58. The summed E-state index contributed by atoms with van der Waals surface area (Å²) in [7, 11) is 0. The van der Waals surface area contributed by atoms with E-state index in [4.69, 9.17) is 21.3 Å². The van der Waals surface area contributed by atoms with Crippen molar-refractivity contribution in [3.8, 4) is 0 Å². The highest BCUT2D eigenvalue weighted by molar-refractivity contribution is 7.98. The lowest BCUT2D eigenvalue weighted by molar-refractivity contribution is 0.0743. The Bertz CT molecular complexity index is 985. The molecule has 0 saturated carbocycles. The van der Waals surface area contributed by atoms with Crippen LogP contribution in [0.2, 0.25) is 5.02 Å². The average Bonchev–Trinajstić information content (AvgIpc) is 3.03. The normalized spacial score (nSPS) is 11.6. The second-order valence-electron chi connectivity index (χ2n) is 6.43. The molecule has 0 aliphatic rings. The number of nitrogens with zero attached hydrogens (tertiary/aromatic N) is 3. The van der Waals surface area contributed by atoms with Crippen molar-refractivity contribution in [2.24, 2.45) is 0 Å². The van der Waals surface area contributed by atoms with Crippen LogP contribution in [0.25, 0.3) is 10.9 Å². The molecule has 5 nitrogen and oxygen atoms in total. The number of ether oxygens (including phenoxy) is 1. The molecule has 2 heterocycles. The van der Waals surface area contributed by atoms with E-state index < -0.39 is 0 Å². The Morgan fingerprint density at radius 1 is 1.33 bits per heavy atom. The van der Waals surface area contributed by atoms with Crippen molar-refractivity contribution >= 4 is 45.6 Å². The summed E-state index contributed by atoms with van der Waals surface area (Å²) in [6.45, 7) is 7.17. The molecular weight excluding hydrogens is 402 g/mol. The zero-order chi connectivity index (χ0) is 19.4. The van der Waals surface area contributed by atoms with Gasteiger partial charge < -0.3 is 4.74 Å². The number of benzene rings is 1. The molecule has 8 heteroatoms. The van der Waals surface area contributed by atoms with Crippen molar-refractivity contribution in [2.75, 3.05) is 6.61 Å². The average molecular weight is 424 g/mol. The van der Waals surface area contributed by atoms with E-state index in [-0.39, 0.29) is 11.7 Å². The van der Waals surface area contributed by atoms with Crippen LogP contribution in [0, 0.1) is 6.92 Å². The minimum atomic E-state index is -0.0434. The van der Waals surface area contributed by atoms with E-state index in [2.05, 4.69) is 4.98 Å². The fourth-order valence-electron chi connectivity index (χ4n) is 2.64. The van der Waals surface area contributed by atoms with Gasteiger partial charge in [0.1, 0.15) is 0 Å². The molecular formula is C19H22ClN3O2S2. The molecule has 144 valence electrons. The van der Waals surface area contributed by atoms with Gasteiger partial charge in [0.25, 0.3) is 5.56 Å². The Kier molecular flexibility index (Phi) is 6.92. The van der Waals surface area contributed by atoms with Crippen molar-refractivity contribution in [1.29, 1.82) is 0 Å². The van der Waals surface area contributed by atoms with Gasteiger partial charge in [0.05, 0.1) is 27.7 Å². The Labute approximate surface area is 171 Å². The zero-order valence-electron chi connectivity index (χ0n) is 15.6. The standard InChI is InChI=1S/C19H22ClN3O2S2/c1-12(2)25-8-4-7-23-18(24)16-6-5-14(20)9-17(16)22-19(23)27-11-15-10-26-13(3)21-15/h5-6,9-10,12H,4,7-8,11H2,1-3H3. The van der Waals surface area contributed by atoms with Crippen molar-refractivity contribution in [2.45, 2.75) is 50.8 Å². The largest absolute Gasteiger partial charge is 0.379 e. The fraction of sp³-hybridized carbons (Fsp3) is 0.421. The van der Waals surface area contributed by atoms with Crippen LogP contribution in [0.15, 0.2) is 33.5 Å². The first kappa shape index (κ1) is 20.3. The van der Waals surface area contributed by atoms with Crippen LogP contribution in [0.1, 0.15) is 31.0 Å². The van der Waals surface area contributed by atoms with E-state index in [1.165, 1.54) is 11.8 Å². The van der Waals surface area contributed by atoms with Gasteiger partial charge >= 0.3 is 0 Å². The predicted octanol–water partition coefficient (Wildman–Crippen LogP) is 4.92. The monoisotopic (exact) mass is 423 g/mol. The number of thiazole rings is 1. The highest BCUT2D eigenvalue weighted by Gasteiger charge is 2.13. The number of fused-ring (bicyclic) bond motifs is 1. The van der Waals surface area contributed by atoms with E-state index in [9.17, 15) is 4.79 Å². The molecule has 0 fully saturated rings. The first-order valence-corrected chi connectivity index (χ1v) is 11.0. The van der Waals surface area contributed by atoms with Crippen LogP contribution >= 0.6 is 34.7 Å². The second kappa shape index (κ2) is 9.19. The highest BCUT2D eigenvalue weighted by Crippen LogP contribution is 2.24. The molecule has 0 aliphatic heterocycles. The molecule has 0 aliphatic carbocycles. The van der Waals surface area contributed by atoms with E-state index in [1.54, 1.807) is 34.1 Å². The van der Waals surface area contributed by atoms with Crippen LogP contribution < -0.4 is 5.56 Å². The Hall–Kier alpha value is -1.41. The maximum absolute atomic E-state index is 13.0. The van der Waals surface area contributed by atoms with E-state index in [1.807, 2.05) is 26.2 Å². The van der Waals surface area contributed by atoms with Crippen LogP contribution in [0.5, 0.6) is 0 Å². The van der Waals surface area contributed by atoms with Crippen LogP contribution in [-0.4, -0.2) is 27.2 Å². The number of aromatic nitrogens is 3. The number of rotatable bonds is 8. The summed E-state index contributed by atoms with van der Waals surface area (Å²) in [5.74, 6) is 0.672. The van der Waals surface area contributed by atoms with Gasteiger partial charge in [-0.2, -0.15) is 0 Å². The van der Waals surface area contributed by atoms with Crippen molar-refractivity contribution < 1.29 is 4.74 Å². The fourth-order valence-corrected chi connectivity index (χ4v) is 4.44. The molecule has 3 rings (SSSR count). The van der Waals surface area contributed by atoms with Crippen LogP contribution in [-0.2, 0) is 17.0 Å². The van der Waals surface area contributed by atoms with Gasteiger partial charge in [-0.3, -0.25) is 9.36 Å². The minimum absolute atomic E-state index is 0.0434. The second-order valence-corrected chi connectivity index (χ2v) is 8.87. The summed E-state index contributed by atoms with van der Waals surface area (Å²) in [4.78, 5) is 22.2. The lowest BCUT2D eigenvalue weighted by atomic mass is 10.2. The van der Waals surface area contributed by atoms with Crippen LogP contribution in [0.3, 0.4) is 0 Å². The van der Waals surface area contributed by atoms with Crippen LogP contribution in [0.4, 0.5) is 0 Å². The Morgan fingerprint density at radius 3 is 2.85 bits per heavy atom. The topological polar surface area (TPSA) is 57.0 Å². The molecule has 0 bridgehead atoms. The van der Waals surface area contributed by atoms with Gasteiger partial charge in [-0.15, -0.1) is 11.3 Å². The number of hydrogen-bond donors (Lipinski definition) is 0. The summed E-state index contributed by atoms with van der Waals surface area (Å²) in [6, 6.07) is 5.21. The lowest BCUT2D eigenvalue weighted by Crippen LogP contribution is -2.24. The molecule has 0 atom stereocenters. The van der Waals surface area contributed by atoms with E-state index in [0.717, 1.165) is 17.1 Å². The summed E-state index contributed by atoms with van der Waals surface area (Å²) in [6.07, 6.45) is 0.933. The molecule has 1 aromatic carbocycles. The summed E-state index contributed by atoms with van der Waals surface area (Å²) in [5, 5.41) is 4.91. The zero-order valence-corrected chi connectivity index (χ0v) is 18.0. The predicted molar refractivity (Wildman–Crippen MR) is 113 cm³/mol. The maximum Gasteiger partial charge on any atom is 0.262 e. The molecule has 0 saturated heterocycles. The third-order valence-corrected chi connectivity index (χ3v) is 5.94. The first-order valence-electron chi connectivity index (χ1n) is 8.79. The van der Waals surface area contributed by atoms with Crippen molar-refractivity contribution in [1.82, 2.24) is 14.5 Å². The molecule has 3 aromatic rings. The van der Waals surface area contributed by atoms with Crippen molar-refractivity contribution in [3.63, 3.8) is 0 Å². The number of aryl methyl sites for hydroxylation is 1. The SMILES string of the molecule is Cc1nc(CSc2nc3cc(Cl)ccc3c(=O)n2CCCOC(C)C)cs1. The van der Waals surface area contributed by atoms with Gasteiger partial charge in [0, 0.05) is 29.3 Å². The minimum Gasteiger partial charge on any atom is -0.379 e. The van der Waals surface area contributed by atoms with Crippen molar-refractivity contribution in [3.05, 3.63) is 49.7 Å². The molecule has 0 spiro atoms. The van der Waals surface area contributed by atoms with Gasteiger partial charge in [0.15, 0.2) is 5.16 Å². The number of halogens is 1. The third-order valence-electron chi connectivity index (χ3n) is 3.88. The van der Waals surface area contributed by atoms with E-state index >= 15 is 0 Å². The first-order chi connectivity index (χ1) is 12.9. The quantitative estimate of drug-likeness (QED) is 0.292. The van der Waals surface area contributed by atoms with Gasteiger partial charge in [-0.05, 0) is 45.4 Å². The lowest BCUT2D eigenvalue weighted by Gasteiger charge is -2.14. The summed E-state index contributed by atoms with van der Waals surface area (Å²) < 4.78 is 7.35. The smallest absolute Gasteiger partial charge is 0.262 e. The van der Waals surface area contributed by atoms with Gasteiger partial charge in [-0.25, -0.2) is 9.97 Å². The molecule has 0 amide bonds. The highest BCUT2D eigenvalue weighted by atomic mass is 35.5. The Morgan fingerprint density at radius 2 is 2.15 bits per heavy atom. The molecule has 2 aromatic heterocycles. The number of thioether (sulfide) groups is 1. The van der Waals surface area contributed by atoms with E-state index in [0.29, 0.717) is 40.0 Å². The van der Waals surface area contributed by atoms with Gasteiger partial charge in [-0.1, -0.05) is 23.4 Å². The molecule has 0 radical (unpaired) electrons. The maximum atomic E-state index is 13.0.